The number of aromatic nitrogens is 2. The molecule has 0 saturated heterocycles. The van der Waals surface area contributed by atoms with Crippen LogP contribution in [0.15, 0.2) is 24.3 Å². The Bertz CT molecular complexity index is 519. The molecule has 0 aliphatic rings. The van der Waals surface area contributed by atoms with E-state index in [9.17, 15) is 0 Å². The maximum Gasteiger partial charge on any atom is 0.155 e. The molecule has 108 valence electrons. The van der Waals surface area contributed by atoms with Gasteiger partial charge >= 0.3 is 0 Å². The second kappa shape index (κ2) is 8.16. The number of hydrogen-bond donors (Lipinski definition) is 1. The van der Waals surface area contributed by atoms with E-state index in [0.29, 0.717) is 24.8 Å². The molecule has 0 radical (unpaired) electrons. The monoisotopic (exact) mass is 313 g/mol. The van der Waals surface area contributed by atoms with Crippen LogP contribution in [0.25, 0.3) is 0 Å². The number of benzene rings is 1. The first-order chi connectivity index (χ1) is 9.78. The van der Waals surface area contributed by atoms with Gasteiger partial charge in [0.15, 0.2) is 5.01 Å². The Morgan fingerprint density at radius 1 is 1.20 bits per heavy atom. The van der Waals surface area contributed by atoms with E-state index < -0.39 is 0 Å². The third kappa shape index (κ3) is 5.05. The zero-order valence-corrected chi connectivity index (χ0v) is 12.7. The molecule has 1 aromatic carbocycles. The van der Waals surface area contributed by atoms with Gasteiger partial charge in [-0.1, -0.05) is 22.9 Å². The van der Waals surface area contributed by atoms with Gasteiger partial charge in [-0.25, -0.2) is 0 Å². The average Bonchev–Trinajstić information content (AvgIpc) is 2.91. The van der Waals surface area contributed by atoms with Gasteiger partial charge in [0, 0.05) is 25.2 Å². The Kier molecular flexibility index (Phi) is 6.20. The van der Waals surface area contributed by atoms with E-state index in [1.54, 1.807) is 19.2 Å². The van der Waals surface area contributed by atoms with Crippen LogP contribution in [0.1, 0.15) is 10.0 Å². The van der Waals surface area contributed by atoms with Gasteiger partial charge in [-0.3, -0.25) is 0 Å². The molecule has 5 nitrogen and oxygen atoms in total. The minimum Gasteiger partial charge on any atom is -0.486 e. The molecule has 0 amide bonds. The third-order valence-electron chi connectivity index (χ3n) is 2.44. The highest BCUT2D eigenvalue weighted by atomic mass is 35.5. The summed E-state index contributed by atoms with van der Waals surface area (Å²) in [4.78, 5) is 0. The zero-order valence-electron chi connectivity index (χ0n) is 11.1. The van der Waals surface area contributed by atoms with Crippen molar-refractivity contribution in [2.45, 2.75) is 13.2 Å². The van der Waals surface area contributed by atoms with Crippen molar-refractivity contribution in [2.24, 2.45) is 0 Å². The number of nitrogens with zero attached hydrogens (tertiary/aromatic N) is 2. The van der Waals surface area contributed by atoms with Crippen LogP contribution in [0.3, 0.4) is 0 Å². The summed E-state index contributed by atoms with van der Waals surface area (Å²) in [6.07, 6.45) is 0. The molecule has 0 fully saturated rings. The molecular formula is C13H16ClN3O2S. The van der Waals surface area contributed by atoms with Crippen LogP contribution >= 0.6 is 22.9 Å². The summed E-state index contributed by atoms with van der Waals surface area (Å²) in [5.41, 5.74) is 0. The Morgan fingerprint density at radius 3 is 2.70 bits per heavy atom. The predicted octanol–water partition coefficient (Wildman–Crippen LogP) is 2.51. The number of hydrogen-bond acceptors (Lipinski definition) is 6. The fourth-order valence-corrected chi connectivity index (χ4v) is 2.32. The smallest absolute Gasteiger partial charge is 0.155 e. The second-order valence-corrected chi connectivity index (χ2v) is 5.58. The minimum atomic E-state index is 0.414. The lowest BCUT2D eigenvalue weighted by molar-refractivity contribution is 0.199. The summed E-state index contributed by atoms with van der Waals surface area (Å²) in [5.74, 6) is 0.768. The molecule has 2 rings (SSSR count). The molecule has 0 aliphatic heterocycles. The molecule has 0 aliphatic carbocycles. The molecule has 1 aromatic heterocycles. The average molecular weight is 314 g/mol. The number of halogens is 1. The van der Waals surface area contributed by atoms with Crippen LogP contribution in [0.2, 0.25) is 5.02 Å². The molecule has 1 N–H and O–H groups in total. The Hall–Kier alpha value is -1.21. The van der Waals surface area contributed by atoms with Gasteiger partial charge in [-0.05, 0) is 24.3 Å². The van der Waals surface area contributed by atoms with E-state index in [4.69, 9.17) is 21.1 Å². The fourth-order valence-electron chi connectivity index (χ4n) is 1.46. The molecule has 0 atom stereocenters. The summed E-state index contributed by atoms with van der Waals surface area (Å²) < 4.78 is 10.6. The van der Waals surface area contributed by atoms with Crippen molar-refractivity contribution in [3.63, 3.8) is 0 Å². The first kappa shape index (κ1) is 15.2. The molecule has 0 saturated carbocycles. The van der Waals surface area contributed by atoms with Crippen molar-refractivity contribution >= 4 is 22.9 Å². The van der Waals surface area contributed by atoms with Gasteiger partial charge in [0.05, 0.1) is 6.61 Å². The van der Waals surface area contributed by atoms with Crippen LogP contribution in [-0.4, -0.2) is 30.5 Å². The van der Waals surface area contributed by atoms with Gasteiger partial charge < -0.3 is 14.8 Å². The maximum absolute atomic E-state index is 5.81. The topological polar surface area (TPSA) is 56.3 Å². The maximum atomic E-state index is 5.81. The van der Waals surface area contributed by atoms with Crippen LogP contribution in [0.5, 0.6) is 5.75 Å². The van der Waals surface area contributed by atoms with Crippen molar-refractivity contribution in [1.82, 2.24) is 15.5 Å². The minimum absolute atomic E-state index is 0.414. The van der Waals surface area contributed by atoms with Crippen LogP contribution in [-0.2, 0) is 17.9 Å². The highest BCUT2D eigenvalue weighted by Gasteiger charge is 2.04. The highest BCUT2D eigenvalue weighted by Crippen LogP contribution is 2.18. The van der Waals surface area contributed by atoms with Crippen molar-refractivity contribution in [2.75, 3.05) is 20.3 Å². The Balaban J connectivity index is 1.76. The normalized spacial score (nSPS) is 10.7. The van der Waals surface area contributed by atoms with E-state index >= 15 is 0 Å². The predicted molar refractivity (Wildman–Crippen MR) is 79.3 cm³/mol. The van der Waals surface area contributed by atoms with E-state index in [1.807, 2.05) is 12.1 Å². The summed E-state index contributed by atoms with van der Waals surface area (Å²) in [5, 5.41) is 13.9. The standard InChI is InChI=1S/C13H16ClN3O2S/c1-18-7-6-15-8-12-16-17-13(20-12)9-19-11-4-2-10(14)3-5-11/h2-5,15H,6-9H2,1H3. The quantitative estimate of drug-likeness (QED) is 0.759. The second-order valence-electron chi connectivity index (χ2n) is 4.00. The summed E-state index contributed by atoms with van der Waals surface area (Å²) in [7, 11) is 1.68. The first-order valence-electron chi connectivity index (χ1n) is 6.17. The van der Waals surface area contributed by atoms with Crippen molar-refractivity contribution in [1.29, 1.82) is 0 Å². The lowest BCUT2D eigenvalue weighted by Gasteiger charge is -2.02. The van der Waals surface area contributed by atoms with E-state index in [2.05, 4.69) is 15.5 Å². The molecule has 0 unspecified atom stereocenters. The zero-order chi connectivity index (χ0) is 14.2. The van der Waals surface area contributed by atoms with Gasteiger partial charge in [-0.15, -0.1) is 10.2 Å². The molecule has 20 heavy (non-hydrogen) atoms. The summed E-state index contributed by atoms with van der Waals surface area (Å²) >= 11 is 7.35. The highest BCUT2D eigenvalue weighted by molar-refractivity contribution is 7.11. The molecule has 7 heteroatoms. The number of ether oxygens (including phenoxy) is 2. The molecule has 0 spiro atoms. The lowest BCUT2D eigenvalue weighted by atomic mass is 10.3. The first-order valence-corrected chi connectivity index (χ1v) is 7.36. The van der Waals surface area contributed by atoms with Crippen molar-refractivity contribution in [3.8, 4) is 5.75 Å². The number of rotatable bonds is 8. The van der Waals surface area contributed by atoms with Gasteiger partial charge in [0.2, 0.25) is 0 Å². The Morgan fingerprint density at radius 2 is 1.95 bits per heavy atom. The largest absolute Gasteiger partial charge is 0.486 e. The van der Waals surface area contributed by atoms with Crippen molar-refractivity contribution < 1.29 is 9.47 Å². The Labute approximate surface area is 126 Å². The van der Waals surface area contributed by atoms with Gasteiger partial charge in [0.1, 0.15) is 17.4 Å². The van der Waals surface area contributed by atoms with E-state index in [1.165, 1.54) is 11.3 Å². The molecule has 2 aromatic rings. The van der Waals surface area contributed by atoms with Gasteiger partial charge in [0.25, 0.3) is 0 Å². The van der Waals surface area contributed by atoms with Crippen LogP contribution in [0, 0.1) is 0 Å². The lowest BCUT2D eigenvalue weighted by Crippen LogP contribution is -2.18. The molecule has 1 heterocycles. The van der Waals surface area contributed by atoms with Crippen LogP contribution in [0.4, 0.5) is 0 Å². The van der Waals surface area contributed by atoms with Gasteiger partial charge in [-0.2, -0.15) is 0 Å². The summed E-state index contributed by atoms with van der Waals surface area (Å²) in [6.45, 7) is 2.59. The number of nitrogens with one attached hydrogen (secondary N) is 1. The fraction of sp³-hybridized carbons (Fsp3) is 0.385. The molecule has 0 bridgehead atoms. The summed E-state index contributed by atoms with van der Waals surface area (Å²) in [6, 6.07) is 7.25. The SMILES string of the molecule is COCCNCc1nnc(COc2ccc(Cl)cc2)s1. The van der Waals surface area contributed by atoms with Crippen molar-refractivity contribution in [3.05, 3.63) is 39.3 Å². The number of methoxy groups -OCH3 is 1. The molecular weight excluding hydrogens is 298 g/mol. The van der Waals surface area contributed by atoms with E-state index in [0.717, 1.165) is 22.3 Å². The third-order valence-corrected chi connectivity index (χ3v) is 3.59. The van der Waals surface area contributed by atoms with Crippen LogP contribution < -0.4 is 10.1 Å². The van der Waals surface area contributed by atoms with E-state index in [-0.39, 0.29) is 0 Å².